The Morgan fingerprint density at radius 3 is 1.30 bits per heavy atom. The second kappa shape index (κ2) is 10.8. The van der Waals surface area contributed by atoms with Crippen LogP contribution in [-0.4, -0.2) is 103 Å². The summed E-state index contributed by atoms with van der Waals surface area (Å²) in [4.78, 5) is 25.4. The molecule has 3 aliphatic rings. The molecule has 0 saturated carbocycles. The number of hydrogen-bond donors (Lipinski definition) is 0. The van der Waals surface area contributed by atoms with Crippen LogP contribution in [0.2, 0.25) is 0 Å². The quantitative estimate of drug-likeness (QED) is 0.552. The highest BCUT2D eigenvalue weighted by molar-refractivity contribution is 5.85. The van der Waals surface area contributed by atoms with Crippen molar-refractivity contribution in [3.63, 3.8) is 0 Å². The molecule has 0 spiro atoms. The highest BCUT2D eigenvalue weighted by Gasteiger charge is 2.72. The zero-order valence-corrected chi connectivity index (χ0v) is 17.7. The topological polar surface area (TPSA) is 108 Å². The van der Waals surface area contributed by atoms with Gasteiger partial charge in [0.15, 0.2) is 0 Å². The van der Waals surface area contributed by atoms with Crippen LogP contribution in [0.3, 0.4) is 0 Å². The Morgan fingerprint density at radius 1 is 0.633 bits per heavy atom. The number of carbonyl (C=O) groups excluding carboxylic acids is 2. The van der Waals surface area contributed by atoms with Crippen molar-refractivity contribution >= 4 is 11.9 Å². The molecule has 3 aliphatic heterocycles. The molecule has 3 fully saturated rings. The second-order valence-corrected chi connectivity index (χ2v) is 7.68. The highest BCUT2D eigenvalue weighted by Crippen LogP contribution is 2.58. The van der Waals surface area contributed by atoms with Gasteiger partial charge in [-0.15, -0.1) is 0 Å². The van der Waals surface area contributed by atoms with Crippen molar-refractivity contribution in [2.75, 3.05) is 80.3 Å². The molecule has 0 N–H and O–H groups in total. The van der Waals surface area contributed by atoms with Crippen molar-refractivity contribution < 1.29 is 47.5 Å². The minimum atomic E-state index is -0.972. The Morgan fingerprint density at radius 2 is 0.967 bits per heavy atom. The van der Waals surface area contributed by atoms with E-state index in [4.69, 9.17) is 37.9 Å². The average molecular weight is 432 g/mol. The van der Waals surface area contributed by atoms with E-state index >= 15 is 0 Å². The van der Waals surface area contributed by atoms with E-state index in [1.165, 1.54) is 14.2 Å². The summed E-state index contributed by atoms with van der Waals surface area (Å²) in [5.41, 5.74) is -1.94. The minimum Gasteiger partial charge on any atom is -0.469 e. The van der Waals surface area contributed by atoms with Gasteiger partial charge < -0.3 is 37.9 Å². The van der Waals surface area contributed by atoms with E-state index in [2.05, 4.69) is 0 Å². The van der Waals surface area contributed by atoms with Crippen molar-refractivity contribution in [3.05, 3.63) is 0 Å². The van der Waals surface area contributed by atoms with Crippen molar-refractivity contribution in [3.8, 4) is 0 Å². The van der Waals surface area contributed by atoms with Crippen LogP contribution in [0.5, 0.6) is 0 Å². The summed E-state index contributed by atoms with van der Waals surface area (Å²) in [5.74, 6) is -2.70. The Kier molecular flexibility index (Phi) is 8.44. The third-order valence-corrected chi connectivity index (χ3v) is 5.94. The molecular weight excluding hydrogens is 400 g/mol. The lowest BCUT2D eigenvalue weighted by Crippen LogP contribution is -2.52. The Balaban J connectivity index is 1.79. The first-order valence-electron chi connectivity index (χ1n) is 10.3. The van der Waals surface area contributed by atoms with Crippen LogP contribution in [0.25, 0.3) is 0 Å². The summed E-state index contributed by atoms with van der Waals surface area (Å²) in [6.45, 7) is 3.56. The van der Waals surface area contributed by atoms with Crippen LogP contribution in [0.15, 0.2) is 0 Å². The van der Waals surface area contributed by atoms with Gasteiger partial charge in [0, 0.05) is 0 Å². The first kappa shape index (κ1) is 23.4. The van der Waals surface area contributed by atoms with Gasteiger partial charge in [0.1, 0.15) is 23.0 Å². The molecule has 3 heterocycles. The zero-order chi connectivity index (χ0) is 21.5. The van der Waals surface area contributed by atoms with Gasteiger partial charge in [0.25, 0.3) is 0 Å². The van der Waals surface area contributed by atoms with E-state index in [1.807, 2.05) is 0 Å². The van der Waals surface area contributed by atoms with Crippen LogP contribution in [0.1, 0.15) is 12.8 Å². The van der Waals surface area contributed by atoms with Gasteiger partial charge >= 0.3 is 11.9 Å². The van der Waals surface area contributed by atoms with Crippen molar-refractivity contribution in [1.82, 2.24) is 0 Å². The van der Waals surface area contributed by atoms with Crippen LogP contribution in [-0.2, 0) is 47.5 Å². The minimum absolute atomic E-state index is 0.144. The molecule has 0 aromatic carbocycles. The number of methoxy groups -OCH3 is 2. The van der Waals surface area contributed by atoms with Crippen LogP contribution in [0.4, 0.5) is 0 Å². The summed E-state index contributed by atoms with van der Waals surface area (Å²) in [7, 11) is 2.60. The van der Waals surface area contributed by atoms with Gasteiger partial charge in [-0.05, 0) is 12.8 Å². The number of carbonyl (C=O) groups is 2. The third-order valence-electron chi connectivity index (χ3n) is 5.94. The molecule has 10 nitrogen and oxygen atoms in total. The van der Waals surface area contributed by atoms with E-state index in [-0.39, 0.29) is 13.2 Å². The maximum absolute atomic E-state index is 12.7. The lowest BCUT2D eigenvalue weighted by Gasteiger charge is -2.35. The Bertz CT molecular complexity index is 536. The highest BCUT2D eigenvalue weighted by atomic mass is 16.6. The molecule has 0 radical (unpaired) electrons. The predicted octanol–water partition coefficient (Wildman–Crippen LogP) is -0.0370. The van der Waals surface area contributed by atoms with E-state index < -0.39 is 35.0 Å². The number of esters is 2. The molecule has 0 aromatic rings. The van der Waals surface area contributed by atoms with E-state index in [9.17, 15) is 9.59 Å². The molecule has 10 heteroatoms. The largest absolute Gasteiger partial charge is 0.469 e. The van der Waals surface area contributed by atoms with Crippen molar-refractivity contribution in [1.29, 1.82) is 0 Å². The fourth-order valence-corrected chi connectivity index (χ4v) is 4.58. The molecule has 0 unspecified atom stereocenters. The van der Waals surface area contributed by atoms with Crippen LogP contribution < -0.4 is 0 Å². The van der Waals surface area contributed by atoms with E-state index in [0.717, 1.165) is 0 Å². The zero-order valence-electron chi connectivity index (χ0n) is 17.7. The van der Waals surface area contributed by atoms with Crippen molar-refractivity contribution in [2.24, 2.45) is 11.8 Å². The SMILES string of the molecule is COC(=O)[C@@H]1[C@H](C(=O)OC)[C@@]23CC[C@@]1(COCCOCCOCCOCCOC2)O3. The molecule has 3 saturated heterocycles. The van der Waals surface area contributed by atoms with Gasteiger partial charge in [0.2, 0.25) is 0 Å². The normalized spacial score (nSPS) is 36.5. The van der Waals surface area contributed by atoms with E-state index in [0.29, 0.717) is 65.7 Å². The van der Waals surface area contributed by atoms with Crippen LogP contribution >= 0.6 is 0 Å². The van der Waals surface area contributed by atoms with Gasteiger partial charge in [-0.1, -0.05) is 0 Å². The van der Waals surface area contributed by atoms with Crippen LogP contribution in [0, 0.1) is 11.8 Å². The van der Waals surface area contributed by atoms with Crippen molar-refractivity contribution in [2.45, 2.75) is 24.0 Å². The number of hydrogen-bond acceptors (Lipinski definition) is 10. The third kappa shape index (κ3) is 4.95. The first-order valence-corrected chi connectivity index (χ1v) is 10.3. The van der Waals surface area contributed by atoms with Gasteiger partial charge in [0.05, 0.1) is 80.3 Å². The fourth-order valence-electron chi connectivity index (χ4n) is 4.58. The lowest BCUT2D eigenvalue weighted by molar-refractivity contribution is -0.163. The number of rotatable bonds is 2. The maximum Gasteiger partial charge on any atom is 0.312 e. The summed E-state index contributed by atoms with van der Waals surface area (Å²) < 4.78 is 44.5. The standard InChI is InChI=1S/C20H32O10/c1-23-17(21)15-16(18(22)24-2)20-4-3-19(15,30-20)13-28-11-9-26-7-5-25-6-8-27-10-12-29-14-20/h15-16H,3-14H2,1-2H3/t15-,16+,19-,20+. The molecule has 3 rings (SSSR count). The monoisotopic (exact) mass is 432 g/mol. The summed E-state index contributed by atoms with van der Waals surface area (Å²) in [6.07, 6.45) is 1.10. The second-order valence-electron chi connectivity index (χ2n) is 7.68. The molecule has 172 valence electrons. The molecule has 2 bridgehead atoms. The molecule has 30 heavy (non-hydrogen) atoms. The average Bonchev–Trinajstić information content (AvgIpc) is 3.26. The summed E-state index contributed by atoms with van der Waals surface area (Å²) >= 11 is 0. The van der Waals surface area contributed by atoms with E-state index in [1.54, 1.807) is 0 Å². The number of ether oxygens (including phenoxy) is 8. The van der Waals surface area contributed by atoms with Gasteiger partial charge in [-0.2, -0.15) is 0 Å². The Hall–Kier alpha value is -1.30. The van der Waals surface area contributed by atoms with Gasteiger partial charge in [-0.3, -0.25) is 9.59 Å². The molecular formula is C20H32O10. The smallest absolute Gasteiger partial charge is 0.312 e. The summed E-state index contributed by atoms with van der Waals surface area (Å²) in [6, 6.07) is 0. The molecule has 0 aromatic heterocycles. The fraction of sp³-hybridized carbons (Fsp3) is 0.900. The van der Waals surface area contributed by atoms with Gasteiger partial charge in [-0.25, -0.2) is 0 Å². The summed E-state index contributed by atoms with van der Waals surface area (Å²) in [5, 5.41) is 0. The lowest BCUT2D eigenvalue weighted by atomic mass is 9.66. The maximum atomic E-state index is 12.7. The first-order chi connectivity index (χ1) is 14.6. The Labute approximate surface area is 176 Å². The molecule has 4 atom stereocenters. The molecule has 0 amide bonds. The predicted molar refractivity (Wildman–Crippen MR) is 101 cm³/mol. The molecule has 0 aliphatic carbocycles.